The molecule has 1 saturated carbocycles. The topological polar surface area (TPSA) is 54.5 Å². The number of anilines is 1. The Hall–Kier alpha value is -1.14. The molecule has 0 spiro atoms. The van der Waals surface area contributed by atoms with Crippen LogP contribution in [0.2, 0.25) is 0 Å². The van der Waals surface area contributed by atoms with E-state index in [0.29, 0.717) is 12.3 Å². The molecule has 1 aromatic heterocycles. The number of nitrogens with zero attached hydrogens (tertiary/aromatic N) is 2. The minimum atomic E-state index is -0.350. The molecule has 18 heavy (non-hydrogen) atoms. The first-order valence-corrected chi connectivity index (χ1v) is 7.15. The maximum atomic E-state index is 11.4. The van der Waals surface area contributed by atoms with E-state index in [1.54, 1.807) is 12.3 Å². The third kappa shape index (κ3) is 3.68. The van der Waals surface area contributed by atoms with Crippen LogP contribution in [0.5, 0.6) is 0 Å². The number of hydrogen-bond donors (Lipinski definition) is 1. The lowest BCUT2D eigenvalue weighted by Gasteiger charge is -2.15. The van der Waals surface area contributed by atoms with E-state index in [1.165, 1.54) is 24.2 Å². The van der Waals surface area contributed by atoms with E-state index in [4.69, 9.17) is 4.74 Å². The van der Waals surface area contributed by atoms with Gasteiger partial charge in [-0.05, 0) is 26.8 Å². The van der Waals surface area contributed by atoms with Gasteiger partial charge in [0, 0.05) is 24.5 Å². The highest BCUT2D eigenvalue weighted by Crippen LogP contribution is 2.24. The Bertz CT molecular complexity index is 404. The largest absolute Gasteiger partial charge is 0.461 e. The van der Waals surface area contributed by atoms with Crippen LogP contribution in [0.15, 0.2) is 5.38 Å². The van der Waals surface area contributed by atoms with Crippen molar-refractivity contribution in [1.82, 2.24) is 9.88 Å². The molecule has 0 aliphatic heterocycles. The Morgan fingerprint density at radius 1 is 1.67 bits per heavy atom. The summed E-state index contributed by atoms with van der Waals surface area (Å²) in [4.78, 5) is 18.0. The molecule has 1 heterocycles. The number of rotatable bonds is 7. The van der Waals surface area contributed by atoms with Gasteiger partial charge in [0.1, 0.15) is 0 Å². The van der Waals surface area contributed by atoms with Crippen molar-refractivity contribution in [1.29, 1.82) is 0 Å². The summed E-state index contributed by atoms with van der Waals surface area (Å²) in [6.07, 6.45) is 2.64. The molecule has 0 unspecified atom stereocenters. The monoisotopic (exact) mass is 269 g/mol. The van der Waals surface area contributed by atoms with Gasteiger partial charge in [-0.3, -0.25) is 0 Å². The summed E-state index contributed by atoms with van der Waals surface area (Å²) in [5.74, 6) is -0.350. The zero-order valence-electron chi connectivity index (χ0n) is 10.8. The summed E-state index contributed by atoms with van der Waals surface area (Å²) in [5, 5.41) is 5.74. The Labute approximate surface area is 111 Å². The first-order valence-electron chi connectivity index (χ1n) is 6.27. The maximum Gasteiger partial charge on any atom is 0.357 e. The molecule has 1 aliphatic rings. The second kappa shape index (κ2) is 6.15. The van der Waals surface area contributed by atoms with Crippen molar-refractivity contribution in [2.75, 3.05) is 32.1 Å². The molecular formula is C12H19N3O2S. The second-order valence-electron chi connectivity index (χ2n) is 4.40. The molecule has 2 rings (SSSR count). The van der Waals surface area contributed by atoms with Crippen molar-refractivity contribution in [2.45, 2.75) is 25.8 Å². The fourth-order valence-corrected chi connectivity index (χ4v) is 2.40. The minimum absolute atomic E-state index is 0.350. The summed E-state index contributed by atoms with van der Waals surface area (Å²) in [5.41, 5.74) is 0.389. The van der Waals surface area contributed by atoms with Gasteiger partial charge in [-0.25, -0.2) is 9.78 Å². The van der Waals surface area contributed by atoms with E-state index in [1.807, 2.05) is 0 Å². The molecule has 1 aromatic rings. The number of hydrogen-bond acceptors (Lipinski definition) is 6. The Kier molecular flexibility index (Phi) is 4.54. The first kappa shape index (κ1) is 13.3. The standard InChI is InChI=1S/C12H19N3O2S/c1-3-17-11(16)10-8-18-12(14-10)13-6-7-15(2)9-4-5-9/h8-9H,3-7H2,1-2H3,(H,13,14). The predicted octanol–water partition coefficient (Wildman–Crippen LogP) is 1.83. The third-order valence-electron chi connectivity index (χ3n) is 2.90. The third-order valence-corrected chi connectivity index (χ3v) is 3.70. The summed E-state index contributed by atoms with van der Waals surface area (Å²) < 4.78 is 4.89. The van der Waals surface area contributed by atoms with Crippen LogP contribution in [0.3, 0.4) is 0 Å². The van der Waals surface area contributed by atoms with Gasteiger partial charge in [-0.15, -0.1) is 11.3 Å². The van der Waals surface area contributed by atoms with Crippen LogP contribution in [0.25, 0.3) is 0 Å². The van der Waals surface area contributed by atoms with E-state index < -0.39 is 0 Å². The number of nitrogens with one attached hydrogen (secondary N) is 1. The molecule has 0 atom stereocenters. The smallest absolute Gasteiger partial charge is 0.357 e. The van der Waals surface area contributed by atoms with E-state index in [2.05, 4.69) is 22.2 Å². The zero-order chi connectivity index (χ0) is 13.0. The average Bonchev–Trinajstić information content (AvgIpc) is 3.10. The van der Waals surface area contributed by atoms with Crippen LogP contribution >= 0.6 is 11.3 Å². The SMILES string of the molecule is CCOC(=O)c1csc(NCCN(C)C2CC2)n1. The van der Waals surface area contributed by atoms with Gasteiger partial charge in [0.25, 0.3) is 0 Å². The molecule has 6 heteroatoms. The van der Waals surface area contributed by atoms with Crippen LogP contribution in [-0.4, -0.2) is 48.6 Å². The van der Waals surface area contributed by atoms with Gasteiger partial charge in [-0.2, -0.15) is 0 Å². The molecule has 1 aliphatic carbocycles. The highest BCUT2D eigenvalue weighted by molar-refractivity contribution is 7.13. The fourth-order valence-electron chi connectivity index (χ4n) is 1.69. The number of carbonyl (C=O) groups excluding carboxylic acids is 1. The summed E-state index contributed by atoms with van der Waals surface area (Å²) >= 11 is 1.44. The molecule has 5 nitrogen and oxygen atoms in total. The van der Waals surface area contributed by atoms with Crippen LogP contribution in [0, 0.1) is 0 Å². The number of ether oxygens (including phenoxy) is 1. The van der Waals surface area contributed by atoms with Gasteiger partial charge in [0.15, 0.2) is 10.8 Å². The first-order chi connectivity index (χ1) is 8.70. The van der Waals surface area contributed by atoms with Crippen LogP contribution in [0.4, 0.5) is 5.13 Å². The van der Waals surface area contributed by atoms with Gasteiger partial charge >= 0.3 is 5.97 Å². The number of thiazole rings is 1. The van der Waals surface area contributed by atoms with Gasteiger partial charge in [0.05, 0.1) is 6.61 Å². The number of esters is 1. The quantitative estimate of drug-likeness (QED) is 0.765. The summed E-state index contributed by atoms with van der Waals surface area (Å²) in [7, 11) is 2.14. The Morgan fingerprint density at radius 3 is 3.11 bits per heavy atom. The zero-order valence-corrected chi connectivity index (χ0v) is 11.6. The number of carbonyl (C=O) groups is 1. The molecule has 0 amide bonds. The molecular weight excluding hydrogens is 250 g/mol. The highest BCUT2D eigenvalue weighted by Gasteiger charge is 2.25. The van der Waals surface area contributed by atoms with E-state index in [0.717, 1.165) is 24.3 Å². The average molecular weight is 269 g/mol. The second-order valence-corrected chi connectivity index (χ2v) is 5.26. The molecule has 0 saturated heterocycles. The Balaban J connectivity index is 1.74. The molecule has 0 radical (unpaired) electrons. The van der Waals surface area contributed by atoms with E-state index in [-0.39, 0.29) is 5.97 Å². The highest BCUT2D eigenvalue weighted by atomic mass is 32.1. The Morgan fingerprint density at radius 2 is 2.44 bits per heavy atom. The molecule has 100 valence electrons. The lowest BCUT2D eigenvalue weighted by molar-refractivity contribution is 0.0520. The van der Waals surface area contributed by atoms with E-state index >= 15 is 0 Å². The summed E-state index contributed by atoms with van der Waals surface area (Å²) in [6, 6.07) is 0.776. The minimum Gasteiger partial charge on any atom is -0.461 e. The van der Waals surface area contributed by atoms with Gasteiger partial charge < -0.3 is 15.0 Å². The van der Waals surface area contributed by atoms with Crippen molar-refractivity contribution in [2.24, 2.45) is 0 Å². The van der Waals surface area contributed by atoms with Crippen LogP contribution in [-0.2, 0) is 4.74 Å². The lowest BCUT2D eigenvalue weighted by atomic mass is 10.5. The summed E-state index contributed by atoms with van der Waals surface area (Å²) in [6.45, 7) is 4.02. The molecule has 0 bridgehead atoms. The van der Waals surface area contributed by atoms with Crippen molar-refractivity contribution < 1.29 is 9.53 Å². The number of likely N-dealkylation sites (N-methyl/N-ethyl adjacent to an activating group) is 1. The molecule has 0 aromatic carbocycles. The van der Waals surface area contributed by atoms with Crippen molar-refractivity contribution >= 4 is 22.4 Å². The van der Waals surface area contributed by atoms with Crippen molar-refractivity contribution in [3.05, 3.63) is 11.1 Å². The van der Waals surface area contributed by atoms with Crippen molar-refractivity contribution in [3.63, 3.8) is 0 Å². The maximum absolute atomic E-state index is 11.4. The van der Waals surface area contributed by atoms with Crippen molar-refractivity contribution in [3.8, 4) is 0 Å². The number of aromatic nitrogens is 1. The lowest BCUT2D eigenvalue weighted by Crippen LogP contribution is -2.27. The van der Waals surface area contributed by atoms with Crippen LogP contribution in [0.1, 0.15) is 30.3 Å². The fraction of sp³-hybridized carbons (Fsp3) is 0.667. The van der Waals surface area contributed by atoms with Gasteiger partial charge in [0.2, 0.25) is 0 Å². The van der Waals surface area contributed by atoms with Crippen LogP contribution < -0.4 is 5.32 Å². The van der Waals surface area contributed by atoms with E-state index in [9.17, 15) is 4.79 Å². The predicted molar refractivity (Wildman–Crippen MR) is 72.2 cm³/mol. The molecule has 1 N–H and O–H groups in total. The molecule has 1 fully saturated rings. The van der Waals surface area contributed by atoms with Gasteiger partial charge in [-0.1, -0.05) is 0 Å². The normalized spacial score (nSPS) is 14.8.